The highest BCUT2D eigenvalue weighted by Crippen LogP contribution is 2.11. The van der Waals surface area contributed by atoms with Gasteiger partial charge in [-0.3, -0.25) is 4.79 Å². The van der Waals surface area contributed by atoms with Crippen LogP contribution in [0.15, 0.2) is 12.3 Å². The van der Waals surface area contributed by atoms with Gasteiger partial charge in [-0.05, 0) is 18.4 Å². The van der Waals surface area contributed by atoms with Gasteiger partial charge in [0.05, 0.1) is 5.69 Å². The summed E-state index contributed by atoms with van der Waals surface area (Å²) in [6, 6.07) is 1.72. The molecule has 1 aromatic rings. The van der Waals surface area contributed by atoms with Crippen LogP contribution in [-0.4, -0.2) is 29.0 Å². The number of aromatic nitrogens is 1. The highest BCUT2D eigenvalue weighted by molar-refractivity contribution is 5.93. The number of nitrogens with two attached hydrogens (primary N) is 1. The average molecular weight is 223 g/mol. The lowest BCUT2D eigenvalue weighted by Gasteiger charge is -2.18. The quantitative estimate of drug-likeness (QED) is 0.845. The Morgan fingerprint density at radius 2 is 2.19 bits per heavy atom. The third-order valence-corrected chi connectivity index (χ3v) is 2.63. The number of amides is 1. The third-order valence-electron chi connectivity index (χ3n) is 2.63. The zero-order valence-electron chi connectivity index (χ0n) is 10.5. The van der Waals surface area contributed by atoms with Crippen molar-refractivity contribution in [3.63, 3.8) is 0 Å². The number of carbonyl (C=O) groups excluding carboxylic acids is 1. The Bertz CT molecular complexity index is 368. The van der Waals surface area contributed by atoms with Crippen molar-refractivity contribution in [1.82, 2.24) is 9.47 Å². The minimum Gasteiger partial charge on any atom is -0.397 e. The van der Waals surface area contributed by atoms with E-state index < -0.39 is 0 Å². The van der Waals surface area contributed by atoms with E-state index in [1.165, 1.54) is 0 Å². The first-order valence-corrected chi connectivity index (χ1v) is 5.59. The van der Waals surface area contributed by atoms with Gasteiger partial charge in [0.2, 0.25) is 0 Å². The number of nitrogens with zero attached hydrogens (tertiary/aromatic N) is 2. The summed E-state index contributed by atoms with van der Waals surface area (Å²) in [6.07, 6.45) is 2.77. The van der Waals surface area contributed by atoms with Crippen LogP contribution in [0.2, 0.25) is 0 Å². The molecular weight excluding hydrogens is 202 g/mol. The molecule has 0 aromatic carbocycles. The lowest BCUT2D eigenvalue weighted by Crippen LogP contribution is -2.29. The summed E-state index contributed by atoms with van der Waals surface area (Å²) >= 11 is 0. The van der Waals surface area contributed by atoms with Crippen molar-refractivity contribution in [2.45, 2.75) is 20.3 Å². The highest BCUT2D eigenvalue weighted by atomic mass is 16.2. The van der Waals surface area contributed by atoms with Gasteiger partial charge >= 0.3 is 0 Å². The smallest absolute Gasteiger partial charge is 0.270 e. The molecule has 16 heavy (non-hydrogen) atoms. The zero-order valence-corrected chi connectivity index (χ0v) is 10.5. The predicted octanol–water partition coefficient (Wildman–Crippen LogP) is 1.73. The summed E-state index contributed by atoms with van der Waals surface area (Å²) in [4.78, 5) is 13.8. The minimum atomic E-state index is 0.0276. The third kappa shape index (κ3) is 3.02. The van der Waals surface area contributed by atoms with Gasteiger partial charge in [-0.2, -0.15) is 0 Å². The molecule has 0 aliphatic rings. The maximum absolute atomic E-state index is 12.0. The fourth-order valence-corrected chi connectivity index (χ4v) is 1.55. The largest absolute Gasteiger partial charge is 0.397 e. The van der Waals surface area contributed by atoms with Crippen LogP contribution >= 0.6 is 0 Å². The molecule has 0 aliphatic heterocycles. The van der Waals surface area contributed by atoms with Crippen LogP contribution in [0, 0.1) is 5.92 Å². The Morgan fingerprint density at radius 1 is 1.56 bits per heavy atom. The fourth-order valence-electron chi connectivity index (χ4n) is 1.55. The maximum Gasteiger partial charge on any atom is 0.270 e. The second kappa shape index (κ2) is 5.05. The summed E-state index contributed by atoms with van der Waals surface area (Å²) in [5.74, 6) is 0.633. The van der Waals surface area contributed by atoms with Gasteiger partial charge in [0.1, 0.15) is 5.69 Å². The minimum absolute atomic E-state index is 0.0276. The first kappa shape index (κ1) is 12.6. The van der Waals surface area contributed by atoms with Gasteiger partial charge in [0.15, 0.2) is 0 Å². The molecule has 0 spiro atoms. The number of hydrogen-bond donors (Lipinski definition) is 1. The molecule has 0 unspecified atom stereocenters. The van der Waals surface area contributed by atoms with Crippen LogP contribution in [0.4, 0.5) is 5.69 Å². The van der Waals surface area contributed by atoms with Crippen LogP contribution in [0.5, 0.6) is 0 Å². The molecule has 1 amide bonds. The van der Waals surface area contributed by atoms with E-state index in [0.717, 1.165) is 13.0 Å². The predicted molar refractivity (Wildman–Crippen MR) is 66.2 cm³/mol. The number of nitrogen functional groups attached to an aromatic ring is 1. The Labute approximate surface area is 97.0 Å². The van der Waals surface area contributed by atoms with Crippen LogP contribution in [0.1, 0.15) is 30.8 Å². The molecular formula is C12H21N3O. The molecule has 0 saturated carbocycles. The van der Waals surface area contributed by atoms with E-state index in [1.54, 1.807) is 21.7 Å². The van der Waals surface area contributed by atoms with Gasteiger partial charge in [-0.1, -0.05) is 13.8 Å². The monoisotopic (exact) mass is 223 g/mol. The first-order valence-electron chi connectivity index (χ1n) is 5.59. The van der Waals surface area contributed by atoms with Gasteiger partial charge in [0, 0.05) is 26.8 Å². The number of carbonyl (C=O) groups is 1. The molecule has 0 saturated heterocycles. The molecule has 4 heteroatoms. The van der Waals surface area contributed by atoms with Crippen molar-refractivity contribution in [3.05, 3.63) is 18.0 Å². The van der Waals surface area contributed by atoms with Crippen molar-refractivity contribution >= 4 is 11.6 Å². The molecule has 0 atom stereocenters. The molecule has 1 aromatic heterocycles. The van der Waals surface area contributed by atoms with Crippen LogP contribution < -0.4 is 5.73 Å². The molecule has 4 nitrogen and oxygen atoms in total. The molecule has 0 radical (unpaired) electrons. The molecule has 0 fully saturated rings. The SMILES string of the molecule is CC(C)CCN(C)C(=O)c1cc(N)cn1C. The molecule has 1 rings (SSSR count). The Kier molecular flexibility index (Phi) is 3.99. The Hall–Kier alpha value is -1.45. The van der Waals surface area contributed by atoms with Gasteiger partial charge < -0.3 is 15.2 Å². The van der Waals surface area contributed by atoms with Crippen molar-refractivity contribution in [2.24, 2.45) is 13.0 Å². The van der Waals surface area contributed by atoms with E-state index in [4.69, 9.17) is 5.73 Å². The summed E-state index contributed by atoms with van der Waals surface area (Å²) < 4.78 is 1.77. The van der Waals surface area contributed by atoms with E-state index in [-0.39, 0.29) is 5.91 Å². The van der Waals surface area contributed by atoms with Crippen molar-refractivity contribution in [3.8, 4) is 0 Å². The van der Waals surface area contributed by atoms with Crippen molar-refractivity contribution in [2.75, 3.05) is 19.3 Å². The fraction of sp³-hybridized carbons (Fsp3) is 0.583. The second-order valence-corrected chi connectivity index (χ2v) is 4.68. The lowest BCUT2D eigenvalue weighted by molar-refractivity contribution is 0.0780. The topological polar surface area (TPSA) is 51.3 Å². The van der Waals surface area contributed by atoms with E-state index in [9.17, 15) is 4.79 Å². The summed E-state index contributed by atoms with van der Waals surface area (Å²) in [5, 5.41) is 0. The number of hydrogen-bond acceptors (Lipinski definition) is 2. The van der Waals surface area contributed by atoms with Crippen LogP contribution in [-0.2, 0) is 7.05 Å². The normalized spacial score (nSPS) is 10.8. The average Bonchev–Trinajstić information content (AvgIpc) is 2.53. The van der Waals surface area contributed by atoms with E-state index in [0.29, 0.717) is 17.3 Å². The van der Waals surface area contributed by atoms with Crippen molar-refractivity contribution < 1.29 is 4.79 Å². The number of anilines is 1. The van der Waals surface area contributed by atoms with Gasteiger partial charge in [-0.15, -0.1) is 0 Å². The van der Waals surface area contributed by atoms with Crippen LogP contribution in [0.25, 0.3) is 0 Å². The second-order valence-electron chi connectivity index (χ2n) is 4.68. The molecule has 0 aliphatic carbocycles. The van der Waals surface area contributed by atoms with E-state index in [2.05, 4.69) is 13.8 Å². The number of rotatable bonds is 4. The molecule has 2 N–H and O–H groups in total. The first-order chi connectivity index (χ1) is 7.41. The summed E-state index contributed by atoms with van der Waals surface area (Å²) in [7, 11) is 3.66. The lowest BCUT2D eigenvalue weighted by atomic mass is 10.1. The Balaban J connectivity index is 2.67. The standard InChI is InChI=1S/C12H21N3O/c1-9(2)5-6-14(3)12(16)11-7-10(13)8-15(11)4/h7-9H,5-6,13H2,1-4H3. The zero-order chi connectivity index (χ0) is 12.3. The van der Waals surface area contributed by atoms with E-state index >= 15 is 0 Å². The summed E-state index contributed by atoms with van der Waals surface area (Å²) in [5.41, 5.74) is 6.92. The van der Waals surface area contributed by atoms with Crippen LogP contribution in [0.3, 0.4) is 0 Å². The maximum atomic E-state index is 12.0. The van der Waals surface area contributed by atoms with E-state index in [1.807, 2.05) is 14.1 Å². The Morgan fingerprint density at radius 3 is 2.62 bits per heavy atom. The summed E-state index contributed by atoms with van der Waals surface area (Å²) in [6.45, 7) is 5.08. The van der Waals surface area contributed by atoms with Crippen molar-refractivity contribution in [1.29, 1.82) is 0 Å². The molecule has 0 bridgehead atoms. The van der Waals surface area contributed by atoms with Gasteiger partial charge in [0.25, 0.3) is 5.91 Å². The highest BCUT2D eigenvalue weighted by Gasteiger charge is 2.15. The molecule has 1 heterocycles. The van der Waals surface area contributed by atoms with Gasteiger partial charge in [-0.25, -0.2) is 0 Å². The number of aryl methyl sites for hydroxylation is 1. The molecule has 90 valence electrons.